The van der Waals surface area contributed by atoms with Crippen LogP contribution in [0.3, 0.4) is 0 Å². The van der Waals surface area contributed by atoms with Gasteiger partial charge in [0.1, 0.15) is 12.1 Å². The lowest BCUT2D eigenvalue weighted by molar-refractivity contribution is -0.143. The Bertz CT molecular complexity index is 1760. The molecule has 288 valence electrons. The largest absolute Gasteiger partial charge is 0.478 e. The SMILES string of the molecule is C.CCc1cccc(C)c1C(=O)NC(Cc1ccc(C)cc1)C(=O)OC.CCc1cccc(C)c1C(=O)O.COC(=O)C(N)Cc1ccc(C)cc1.Cl. The molecule has 0 aliphatic carbocycles. The average Bonchev–Trinajstić information content (AvgIpc) is 3.12. The van der Waals surface area contributed by atoms with Gasteiger partial charge in [-0.05, 0) is 80.3 Å². The molecule has 10 heteroatoms. The number of nitrogens with one attached hydrogen (secondary N) is 1. The molecule has 53 heavy (non-hydrogen) atoms. The number of amides is 1. The fraction of sp³-hybridized carbons (Fsp3) is 0.349. The summed E-state index contributed by atoms with van der Waals surface area (Å²) in [6, 6.07) is 25.9. The van der Waals surface area contributed by atoms with Crippen LogP contribution in [0.4, 0.5) is 0 Å². The summed E-state index contributed by atoms with van der Waals surface area (Å²) in [6.07, 6.45) is 2.44. The summed E-state index contributed by atoms with van der Waals surface area (Å²) in [5, 5.41) is 11.7. The maximum Gasteiger partial charge on any atom is 0.336 e. The maximum absolute atomic E-state index is 12.8. The van der Waals surface area contributed by atoms with Crippen LogP contribution in [0.25, 0.3) is 0 Å². The van der Waals surface area contributed by atoms with Gasteiger partial charge in [-0.25, -0.2) is 9.59 Å². The first kappa shape index (κ1) is 48.0. The average molecular weight is 749 g/mol. The van der Waals surface area contributed by atoms with Gasteiger partial charge in [-0.3, -0.25) is 9.59 Å². The van der Waals surface area contributed by atoms with Crippen molar-refractivity contribution in [2.45, 2.75) is 86.7 Å². The second-order valence-electron chi connectivity index (χ2n) is 12.3. The van der Waals surface area contributed by atoms with Crippen LogP contribution in [0.5, 0.6) is 0 Å². The van der Waals surface area contributed by atoms with Crippen LogP contribution in [0.1, 0.15) is 86.5 Å². The molecule has 2 atom stereocenters. The summed E-state index contributed by atoms with van der Waals surface area (Å²) in [6.45, 7) is 11.7. The summed E-state index contributed by atoms with van der Waals surface area (Å²) >= 11 is 0. The first-order chi connectivity index (χ1) is 24.3. The number of carboxylic acid groups (broad SMARTS) is 1. The van der Waals surface area contributed by atoms with Crippen LogP contribution in [0, 0.1) is 27.7 Å². The van der Waals surface area contributed by atoms with Crippen LogP contribution >= 0.6 is 12.4 Å². The van der Waals surface area contributed by atoms with E-state index in [0.717, 1.165) is 51.8 Å². The van der Waals surface area contributed by atoms with Gasteiger partial charge in [0.2, 0.25) is 0 Å². The van der Waals surface area contributed by atoms with Crippen molar-refractivity contribution in [3.8, 4) is 0 Å². The maximum atomic E-state index is 12.8. The molecular weight excluding hydrogens is 692 g/mol. The number of aryl methyl sites for hydroxylation is 6. The van der Waals surface area contributed by atoms with E-state index in [1.807, 2.05) is 126 Å². The molecule has 0 heterocycles. The number of rotatable bonds is 11. The third kappa shape index (κ3) is 15.3. The molecule has 1 amide bonds. The van der Waals surface area contributed by atoms with Crippen LogP contribution in [0.15, 0.2) is 84.9 Å². The normalized spacial score (nSPS) is 11.0. The van der Waals surface area contributed by atoms with Crippen molar-refractivity contribution in [3.05, 3.63) is 141 Å². The van der Waals surface area contributed by atoms with Gasteiger partial charge in [0.15, 0.2) is 0 Å². The minimum atomic E-state index is -0.829. The van der Waals surface area contributed by atoms with Crippen molar-refractivity contribution < 1.29 is 33.8 Å². The van der Waals surface area contributed by atoms with Gasteiger partial charge in [-0.15, -0.1) is 12.4 Å². The summed E-state index contributed by atoms with van der Waals surface area (Å²) in [7, 11) is 2.68. The molecule has 0 saturated carbocycles. The molecule has 4 rings (SSSR count). The lowest BCUT2D eigenvalue weighted by atomic mass is 9.98. The highest BCUT2D eigenvalue weighted by Crippen LogP contribution is 2.17. The number of aromatic carboxylic acids is 1. The highest BCUT2D eigenvalue weighted by atomic mass is 35.5. The molecule has 0 aliphatic rings. The van der Waals surface area contributed by atoms with Crippen molar-refractivity contribution in [2.75, 3.05) is 14.2 Å². The Kier molecular flexibility index (Phi) is 22.0. The zero-order valence-electron chi connectivity index (χ0n) is 31.4. The Morgan fingerprint density at radius 3 is 1.47 bits per heavy atom. The zero-order valence-corrected chi connectivity index (χ0v) is 32.3. The van der Waals surface area contributed by atoms with Gasteiger partial charge in [-0.2, -0.15) is 0 Å². The van der Waals surface area contributed by atoms with E-state index in [-0.39, 0.29) is 31.7 Å². The van der Waals surface area contributed by atoms with E-state index in [4.69, 9.17) is 15.6 Å². The van der Waals surface area contributed by atoms with E-state index in [9.17, 15) is 19.2 Å². The monoisotopic (exact) mass is 748 g/mol. The van der Waals surface area contributed by atoms with Crippen molar-refractivity contribution >= 4 is 36.2 Å². The first-order valence-electron chi connectivity index (χ1n) is 17.0. The van der Waals surface area contributed by atoms with Crippen LogP contribution in [0.2, 0.25) is 0 Å². The van der Waals surface area contributed by atoms with E-state index in [1.54, 1.807) is 0 Å². The standard InChI is InChI=1S/C21H25NO3.C11H15NO2.C10H12O2.CH4.ClH/c1-5-17-8-6-7-15(3)19(17)20(23)22-18(21(24)25-4)13-16-11-9-14(2)10-12-16;1-8-3-5-9(6-4-8)7-10(12)11(13)14-2;1-3-8-6-4-5-7(2)9(8)10(11)12;;/h6-12,18H,5,13H2,1-4H3,(H,22,23);3-6,10H,7,12H2,1-2H3;4-6H,3H2,1-2H3,(H,11,12);1H4;1H. The summed E-state index contributed by atoms with van der Waals surface area (Å²) in [5.41, 5.74) is 14.7. The molecule has 4 aromatic rings. The third-order valence-corrected chi connectivity index (χ3v) is 8.35. The Balaban J connectivity index is 0.000000822. The second-order valence-corrected chi connectivity index (χ2v) is 12.3. The number of halogens is 1. The van der Waals surface area contributed by atoms with E-state index in [0.29, 0.717) is 24.0 Å². The van der Waals surface area contributed by atoms with Gasteiger partial charge in [0.05, 0.1) is 19.8 Å². The summed E-state index contributed by atoms with van der Waals surface area (Å²) < 4.78 is 9.42. The molecule has 0 aromatic heterocycles. The fourth-order valence-electron chi connectivity index (χ4n) is 5.42. The Labute approximate surface area is 321 Å². The Morgan fingerprint density at radius 2 is 1.08 bits per heavy atom. The smallest absolute Gasteiger partial charge is 0.336 e. The predicted molar refractivity (Wildman–Crippen MR) is 215 cm³/mol. The summed E-state index contributed by atoms with van der Waals surface area (Å²) in [5.74, 6) is -1.88. The van der Waals surface area contributed by atoms with Gasteiger partial charge < -0.3 is 25.6 Å². The van der Waals surface area contributed by atoms with Gasteiger partial charge in [0, 0.05) is 12.0 Å². The molecular formula is C43H57ClN2O7. The van der Waals surface area contributed by atoms with E-state index in [1.165, 1.54) is 19.8 Å². The van der Waals surface area contributed by atoms with Gasteiger partial charge in [0.25, 0.3) is 5.91 Å². The van der Waals surface area contributed by atoms with Crippen molar-refractivity contribution in [1.82, 2.24) is 5.32 Å². The molecule has 0 aliphatic heterocycles. The number of carboxylic acids is 1. The van der Waals surface area contributed by atoms with Crippen molar-refractivity contribution in [1.29, 1.82) is 0 Å². The topological polar surface area (TPSA) is 145 Å². The quantitative estimate of drug-likeness (QED) is 0.132. The van der Waals surface area contributed by atoms with E-state index >= 15 is 0 Å². The highest BCUT2D eigenvalue weighted by molar-refractivity contribution is 5.99. The van der Waals surface area contributed by atoms with E-state index < -0.39 is 24.0 Å². The highest BCUT2D eigenvalue weighted by Gasteiger charge is 2.24. The van der Waals surface area contributed by atoms with E-state index in [2.05, 4.69) is 10.1 Å². The third-order valence-electron chi connectivity index (χ3n) is 8.35. The molecule has 9 nitrogen and oxygen atoms in total. The number of benzene rings is 4. The van der Waals surface area contributed by atoms with Crippen molar-refractivity contribution in [3.63, 3.8) is 0 Å². The van der Waals surface area contributed by atoms with Gasteiger partial charge >= 0.3 is 17.9 Å². The number of nitrogens with two attached hydrogens (primary N) is 1. The van der Waals surface area contributed by atoms with Crippen LogP contribution < -0.4 is 11.1 Å². The lowest BCUT2D eigenvalue weighted by Gasteiger charge is -2.19. The van der Waals surface area contributed by atoms with Gasteiger partial charge in [-0.1, -0.05) is 117 Å². The molecule has 0 saturated heterocycles. The lowest BCUT2D eigenvalue weighted by Crippen LogP contribution is -2.43. The number of methoxy groups -OCH3 is 2. The Morgan fingerprint density at radius 1 is 0.660 bits per heavy atom. The van der Waals surface area contributed by atoms with Crippen LogP contribution in [-0.2, 0) is 44.7 Å². The number of hydrogen-bond donors (Lipinski definition) is 3. The molecule has 4 N–H and O–H groups in total. The van der Waals surface area contributed by atoms with Crippen LogP contribution in [-0.4, -0.2) is 55.2 Å². The molecule has 0 radical (unpaired) electrons. The minimum absolute atomic E-state index is 0. The fourth-order valence-corrected chi connectivity index (χ4v) is 5.42. The van der Waals surface area contributed by atoms with Crippen molar-refractivity contribution in [2.24, 2.45) is 5.73 Å². The molecule has 0 fully saturated rings. The first-order valence-corrected chi connectivity index (χ1v) is 17.0. The molecule has 0 spiro atoms. The number of esters is 2. The number of carbonyl (C=O) groups excluding carboxylic acids is 3. The second kappa shape index (κ2) is 24.3. The summed E-state index contributed by atoms with van der Waals surface area (Å²) in [4.78, 5) is 46.8. The number of carbonyl (C=O) groups is 4. The molecule has 4 aromatic carbocycles. The number of hydrogen-bond acceptors (Lipinski definition) is 7. The zero-order chi connectivity index (χ0) is 38.1. The molecule has 0 bridgehead atoms. The minimum Gasteiger partial charge on any atom is -0.478 e. The molecule has 2 unspecified atom stereocenters. The predicted octanol–water partition coefficient (Wildman–Crippen LogP) is 7.73. The number of ether oxygens (including phenoxy) is 2. The Hall–Kier alpha value is -4.99.